The maximum Gasteiger partial charge on any atom is 0.256 e. The van der Waals surface area contributed by atoms with Crippen molar-refractivity contribution in [1.82, 2.24) is 5.32 Å². The Morgan fingerprint density at radius 1 is 1.26 bits per heavy atom. The van der Waals surface area contributed by atoms with E-state index in [9.17, 15) is 4.79 Å². The van der Waals surface area contributed by atoms with Gasteiger partial charge in [0.1, 0.15) is 0 Å². The van der Waals surface area contributed by atoms with Crippen molar-refractivity contribution in [3.63, 3.8) is 0 Å². The van der Waals surface area contributed by atoms with Crippen molar-refractivity contribution < 1.29 is 9.21 Å². The highest BCUT2D eigenvalue weighted by atomic mass is 79.9. The Bertz CT molecular complexity index is 563. The molecule has 0 saturated carbocycles. The summed E-state index contributed by atoms with van der Waals surface area (Å²) in [6.45, 7) is 2.04. The van der Waals surface area contributed by atoms with Gasteiger partial charge in [-0.2, -0.15) is 0 Å². The fourth-order valence-corrected chi connectivity index (χ4v) is 2.49. The summed E-state index contributed by atoms with van der Waals surface area (Å²) in [6.07, 6.45) is 2.31. The van der Waals surface area contributed by atoms with Crippen LogP contribution >= 0.6 is 31.9 Å². The summed E-state index contributed by atoms with van der Waals surface area (Å²) in [7, 11) is 0. The van der Waals surface area contributed by atoms with Gasteiger partial charge in [0.2, 0.25) is 0 Å². The number of furan rings is 1. The minimum atomic E-state index is -0.143. The molecule has 2 aromatic rings. The van der Waals surface area contributed by atoms with E-state index in [-0.39, 0.29) is 11.9 Å². The molecule has 0 saturated heterocycles. The third-order valence-electron chi connectivity index (χ3n) is 2.85. The van der Waals surface area contributed by atoms with E-state index < -0.39 is 0 Å². The first kappa shape index (κ1) is 14.3. The average molecular weight is 387 g/mol. The molecule has 0 radical (unpaired) electrons. The van der Waals surface area contributed by atoms with E-state index in [1.165, 1.54) is 6.26 Å². The zero-order valence-electron chi connectivity index (χ0n) is 10.3. The van der Waals surface area contributed by atoms with Crippen molar-refractivity contribution in [2.75, 3.05) is 0 Å². The first-order chi connectivity index (χ1) is 9.11. The van der Waals surface area contributed by atoms with Crippen LogP contribution in [0.5, 0.6) is 0 Å². The smallest absolute Gasteiger partial charge is 0.256 e. The molecule has 0 aliphatic heterocycles. The SMILES string of the molecule is CCC(NC(=O)c1ccoc1Br)c1ccc(Br)cc1. The zero-order chi connectivity index (χ0) is 13.8. The second-order valence-corrected chi connectivity index (χ2v) is 5.73. The number of hydrogen-bond acceptors (Lipinski definition) is 2. The summed E-state index contributed by atoms with van der Waals surface area (Å²) in [5, 5.41) is 3.00. The van der Waals surface area contributed by atoms with Gasteiger partial charge in [0.25, 0.3) is 5.91 Å². The normalized spacial score (nSPS) is 12.2. The second-order valence-electron chi connectivity index (χ2n) is 4.09. The summed E-state index contributed by atoms with van der Waals surface area (Å²) in [5.74, 6) is -0.143. The lowest BCUT2D eigenvalue weighted by molar-refractivity contribution is 0.0934. The Kier molecular flexibility index (Phi) is 4.82. The fraction of sp³-hybridized carbons (Fsp3) is 0.214. The van der Waals surface area contributed by atoms with Crippen molar-refractivity contribution in [2.45, 2.75) is 19.4 Å². The predicted molar refractivity (Wildman–Crippen MR) is 81.0 cm³/mol. The van der Waals surface area contributed by atoms with Crippen LogP contribution in [0.15, 0.2) is 50.2 Å². The van der Waals surface area contributed by atoms with Gasteiger partial charge in [0, 0.05) is 4.47 Å². The highest BCUT2D eigenvalue weighted by molar-refractivity contribution is 9.10. The Hall–Kier alpha value is -1.07. The molecule has 1 unspecified atom stereocenters. The lowest BCUT2D eigenvalue weighted by Gasteiger charge is -2.17. The molecule has 0 aliphatic carbocycles. The summed E-state index contributed by atoms with van der Waals surface area (Å²) in [4.78, 5) is 12.1. The molecule has 1 heterocycles. The van der Waals surface area contributed by atoms with Crippen LogP contribution in [0, 0.1) is 0 Å². The van der Waals surface area contributed by atoms with Gasteiger partial charge in [0.05, 0.1) is 17.9 Å². The van der Waals surface area contributed by atoms with Gasteiger partial charge in [-0.1, -0.05) is 35.0 Å². The monoisotopic (exact) mass is 385 g/mol. The van der Waals surface area contributed by atoms with Gasteiger partial charge < -0.3 is 9.73 Å². The molecule has 2 rings (SSSR count). The van der Waals surface area contributed by atoms with E-state index in [2.05, 4.69) is 37.2 Å². The lowest BCUT2D eigenvalue weighted by Crippen LogP contribution is -2.28. The molecule has 0 spiro atoms. The van der Waals surface area contributed by atoms with Crippen molar-refractivity contribution in [3.05, 3.63) is 56.9 Å². The molecular formula is C14H13Br2NO2. The molecule has 3 nitrogen and oxygen atoms in total. The number of benzene rings is 1. The molecule has 1 aromatic carbocycles. The van der Waals surface area contributed by atoms with E-state index in [0.29, 0.717) is 10.2 Å². The molecule has 5 heteroatoms. The first-order valence-corrected chi connectivity index (χ1v) is 7.49. The fourth-order valence-electron chi connectivity index (χ4n) is 1.81. The maximum atomic E-state index is 12.1. The quantitative estimate of drug-likeness (QED) is 0.828. The third-order valence-corrected chi connectivity index (χ3v) is 3.99. The topological polar surface area (TPSA) is 42.2 Å². The molecule has 19 heavy (non-hydrogen) atoms. The van der Waals surface area contributed by atoms with Gasteiger partial charge in [-0.05, 0) is 46.1 Å². The van der Waals surface area contributed by atoms with Gasteiger partial charge in [-0.15, -0.1) is 0 Å². The Morgan fingerprint density at radius 3 is 2.47 bits per heavy atom. The number of nitrogens with one attached hydrogen (secondary N) is 1. The number of hydrogen-bond donors (Lipinski definition) is 1. The van der Waals surface area contributed by atoms with Crippen molar-refractivity contribution in [2.24, 2.45) is 0 Å². The van der Waals surface area contributed by atoms with E-state index in [4.69, 9.17) is 4.42 Å². The van der Waals surface area contributed by atoms with Crippen LogP contribution in [-0.2, 0) is 0 Å². The first-order valence-electron chi connectivity index (χ1n) is 5.91. The summed E-state index contributed by atoms with van der Waals surface area (Å²) >= 11 is 6.61. The summed E-state index contributed by atoms with van der Waals surface area (Å²) in [6, 6.07) is 9.58. The van der Waals surface area contributed by atoms with Crippen LogP contribution in [-0.4, -0.2) is 5.91 Å². The van der Waals surface area contributed by atoms with Crippen molar-refractivity contribution in [1.29, 1.82) is 0 Å². The van der Waals surface area contributed by atoms with E-state index in [1.54, 1.807) is 6.07 Å². The lowest BCUT2D eigenvalue weighted by atomic mass is 10.0. The third kappa shape index (κ3) is 3.48. The largest absolute Gasteiger partial charge is 0.457 e. The number of carbonyl (C=O) groups is 1. The number of halogens is 2. The Morgan fingerprint density at radius 2 is 1.95 bits per heavy atom. The van der Waals surface area contributed by atoms with Crippen molar-refractivity contribution in [3.8, 4) is 0 Å². The van der Waals surface area contributed by atoms with Gasteiger partial charge in [-0.25, -0.2) is 0 Å². The van der Waals surface area contributed by atoms with Gasteiger partial charge >= 0.3 is 0 Å². The summed E-state index contributed by atoms with van der Waals surface area (Å²) < 4.78 is 6.55. The van der Waals surface area contributed by atoms with Gasteiger partial charge in [0.15, 0.2) is 4.67 Å². The number of carbonyl (C=O) groups excluding carboxylic acids is 1. The maximum absolute atomic E-state index is 12.1. The van der Waals surface area contributed by atoms with Crippen LogP contribution in [0.1, 0.15) is 35.3 Å². The molecule has 1 atom stereocenters. The van der Waals surface area contributed by atoms with Crippen molar-refractivity contribution >= 4 is 37.8 Å². The zero-order valence-corrected chi connectivity index (χ0v) is 13.5. The van der Waals surface area contributed by atoms with E-state index in [1.807, 2.05) is 31.2 Å². The second kappa shape index (κ2) is 6.39. The summed E-state index contributed by atoms with van der Waals surface area (Å²) in [5.41, 5.74) is 1.59. The molecule has 1 amide bonds. The molecule has 0 bridgehead atoms. The van der Waals surface area contributed by atoms with Crippen LogP contribution in [0.25, 0.3) is 0 Å². The van der Waals surface area contributed by atoms with Crippen LogP contribution in [0.4, 0.5) is 0 Å². The highest BCUT2D eigenvalue weighted by Gasteiger charge is 2.17. The number of amides is 1. The Labute approximate surface area is 128 Å². The Balaban J connectivity index is 2.13. The molecular weight excluding hydrogens is 374 g/mol. The minimum absolute atomic E-state index is 0.0117. The van der Waals surface area contributed by atoms with Crippen LogP contribution < -0.4 is 5.32 Å². The molecule has 0 aliphatic rings. The van der Waals surface area contributed by atoms with E-state index >= 15 is 0 Å². The van der Waals surface area contributed by atoms with Crippen LogP contribution in [0.3, 0.4) is 0 Å². The van der Waals surface area contributed by atoms with Gasteiger partial charge in [-0.3, -0.25) is 4.79 Å². The molecule has 0 fully saturated rings. The molecule has 1 N–H and O–H groups in total. The number of rotatable bonds is 4. The minimum Gasteiger partial charge on any atom is -0.457 e. The molecule has 100 valence electrons. The highest BCUT2D eigenvalue weighted by Crippen LogP contribution is 2.22. The predicted octanol–water partition coefficient (Wildman–Crippen LogP) is 4.69. The molecule has 1 aromatic heterocycles. The van der Waals surface area contributed by atoms with Crippen LogP contribution in [0.2, 0.25) is 0 Å². The standard InChI is InChI=1S/C14H13Br2NO2/c1-2-12(9-3-5-10(15)6-4-9)17-14(18)11-7-8-19-13(11)16/h3-8,12H,2H2,1H3,(H,17,18). The average Bonchev–Trinajstić information content (AvgIpc) is 2.83. The van der Waals surface area contributed by atoms with E-state index in [0.717, 1.165) is 16.5 Å².